The summed E-state index contributed by atoms with van der Waals surface area (Å²) in [7, 11) is -2.84. The molecule has 10 heteroatoms. The van der Waals surface area contributed by atoms with Crippen molar-refractivity contribution in [2.45, 2.75) is 17.7 Å². The lowest BCUT2D eigenvalue weighted by molar-refractivity contribution is -0.136. The maximum Gasteiger partial charge on any atom is 0.339 e. The summed E-state index contributed by atoms with van der Waals surface area (Å²) in [4.78, 5) is 22.5. The first kappa shape index (κ1) is 25.6. The van der Waals surface area contributed by atoms with Gasteiger partial charge in [-0.15, -0.1) is 0 Å². The van der Waals surface area contributed by atoms with Crippen molar-refractivity contribution < 1.29 is 37.3 Å². The first-order valence-corrected chi connectivity index (χ1v) is 12.1. The van der Waals surface area contributed by atoms with E-state index in [0.717, 1.165) is 5.56 Å². The van der Waals surface area contributed by atoms with Crippen molar-refractivity contribution in [1.29, 1.82) is 0 Å². The second kappa shape index (κ2) is 11.9. The summed E-state index contributed by atoms with van der Waals surface area (Å²) in [6.45, 7) is 0.466. The zero-order valence-electron chi connectivity index (χ0n) is 19.0. The van der Waals surface area contributed by atoms with E-state index in [9.17, 15) is 18.0 Å². The number of rotatable bonds is 12. The molecule has 3 rings (SSSR count). The highest BCUT2D eigenvalue weighted by Crippen LogP contribution is 2.23. The molecule has 0 spiro atoms. The van der Waals surface area contributed by atoms with Crippen LogP contribution in [0.3, 0.4) is 0 Å². The van der Waals surface area contributed by atoms with Crippen LogP contribution in [0.1, 0.15) is 22.3 Å². The minimum absolute atomic E-state index is 0.0151. The fourth-order valence-electron chi connectivity index (χ4n) is 3.21. The predicted octanol–water partition coefficient (Wildman–Crippen LogP) is 3.75. The molecule has 3 aromatic rings. The Kier molecular flexibility index (Phi) is 8.69. The molecule has 0 saturated heterocycles. The smallest absolute Gasteiger partial charge is 0.339 e. The molecule has 35 heavy (non-hydrogen) atoms. The second-order valence-corrected chi connectivity index (χ2v) is 8.97. The number of para-hydroxylation sites is 1. The lowest BCUT2D eigenvalue weighted by atomic mass is 10.1. The van der Waals surface area contributed by atoms with Gasteiger partial charge in [0.1, 0.15) is 29.6 Å². The van der Waals surface area contributed by atoms with Gasteiger partial charge in [0.05, 0.1) is 12.7 Å². The number of carboxylic acid groups (broad SMARTS) is 1. The van der Waals surface area contributed by atoms with E-state index in [4.69, 9.17) is 14.6 Å². The van der Waals surface area contributed by atoms with Crippen LogP contribution in [-0.4, -0.2) is 45.8 Å². The number of esters is 1. The molecule has 9 nitrogen and oxygen atoms in total. The van der Waals surface area contributed by atoms with Crippen LogP contribution in [0.15, 0.2) is 77.7 Å². The normalized spacial score (nSPS) is 10.9. The van der Waals surface area contributed by atoms with Crippen LogP contribution in [0, 0.1) is 0 Å². The molecule has 0 aliphatic heterocycles. The van der Waals surface area contributed by atoms with E-state index < -0.39 is 22.0 Å². The van der Waals surface area contributed by atoms with Crippen molar-refractivity contribution in [2.75, 3.05) is 25.0 Å². The van der Waals surface area contributed by atoms with Crippen LogP contribution in [-0.2, 0) is 26.0 Å². The van der Waals surface area contributed by atoms with E-state index >= 15 is 0 Å². The van der Waals surface area contributed by atoms with Gasteiger partial charge in [0.25, 0.3) is 10.0 Å². The van der Waals surface area contributed by atoms with Gasteiger partial charge in [0, 0.05) is 12.1 Å². The molecule has 3 aromatic carbocycles. The van der Waals surface area contributed by atoms with E-state index in [2.05, 4.69) is 9.46 Å². The summed E-state index contributed by atoms with van der Waals surface area (Å²) in [5.74, 6) is -0.511. The number of carbonyl (C=O) groups excluding carboxylic acids is 1. The van der Waals surface area contributed by atoms with Crippen molar-refractivity contribution in [3.8, 4) is 11.5 Å². The van der Waals surface area contributed by atoms with Gasteiger partial charge in [-0.2, -0.15) is 0 Å². The molecule has 0 amide bonds. The minimum Gasteiger partial charge on any atom is -0.490 e. The Bertz CT molecular complexity index is 1270. The van der Waals surface area contributed by atoms with E-state index in [1.54, 1.807) is 24.3 Å². The van der Waals surface area contributed by atoms with Crippen molar-refractivity contribution in [3.05, 3.63) is 83.9 Å². The number of hydrogen-bond acceptors (Lipinski definition) is 7. The minimum atomic E-state index is -4.03. The number of benzene rings is 3. The molecule has 0 bridgehead atoms. The Morgan fingerprint density at radius 1 is 0.886 bits per heavy atom. The van der Waals surface area contributed by atoms with Gasteiger partial charge in [-0.25, -0.2) is 13.2 Å². The molecule has 0 heterocycles. The summed E-state index contributed by atoms with van der Waals surface area (Å²) in [5, 5.41) is 8.87. The number of methoxy groups -OCH3 is 1. The number of anilines is 1. The first-order chi connectivity index (χ1) is 16.8. The first-order valence-electron chi connectivity index (χ1n) is 10.7. The maximum atomic E-state index is 12.8. The third-order valence-electron chi connectivity index (χ3n) is 4.88. The molecular weight excluding hydrogens is 474 g/mol. The molecule has 0 aliphatic rings. The third-order valence-corrected chi connectivity index (χ3v) is 6.32. The summed E-state index contributed by atoms with van der Waals surface area (Å²) in [6, 6.07) is 19.3. The Hall–Kier alpha value is -4.05. The summed E-state index contributed by atoms with van der Waals surface area (Å²) in [5.41, 5.74) is 1.04. The molecular formula is C25H25NO8S. The van der Waals surface area contributed by atoms with Gasteiger partial charge in [-0.3, -0.25) is 9.52 Å². The Balaban J connectivity index is 1.55. The fourth-order valence-corrected chi connectivity index (χ4v) is 4.47. The Morgan fingerprint density at radius 2 is 1.54 bits per heavy atom. The van der Waals surface area contributed by atoms with Crippen LogP contribution in [0.5, 0.6) is 11.5 Å². The maximum absolute atomic E-state index is 12.8. The average Bonchev–Trinajstić information content (AvgIpc) is 2.86. The van der Waals surface area contributed by atoms with Crippen molar-refractivity contribution in [1.82, 2.24) is 0 Å². The highest BCUT2D eigenvalue weighted by Gasteiger charge is 2.22. The van der Waals surface area contributed by atoms with Gasteiger partial charge in [-0.05, 0) is 54.4 Å². The highest BCUT2D eigenvalue weighted by atomic mass is 32.2. The number of aryl methyl sites for hydroxylation is 1. The summed E-state index contributed by atoms with van der Waals surface area (Å²) in [6.07, 6.45) is 0.384. The van der Waals surface area contributed by atoms with Gasteiger partial charge in [0.15, 0.2) is 0 Å². The predicted molar refractivity (Wildman–Crippen MR) is 128 cm³/mol. The second-order valence-electron chi connectivity index (χ2n) is 7.32. The largest absolute Gasteiger partial charge is 0.490 e. The quantitative estimate of drug-likeness (QED) is 0.285. The molecule has 0 radical (unpaired) electrons. The highest BCUT2D eigenvalue weighted by molar-refractivity contribution is 7.92. The molecule has 184 valence electrons. The van der Waals surface area contributed by atoms with Gasteiger partial charge >= 0.3 is 11.9 Å². The number of nitrogens with one attached hydrogen (secondary N) is 1. The zero-order valence-corrected chi connectivity index (χ0v) is 19.8. The molecule has 0 saturated carbocycles. The molecule has 0 unspecified atom stereocenters. The van der Waals surface area contributed by atoms with E-state index in [1.165, 1.54) is 37.4 Å². The molecule has 0 fully saturated rings. The fraction of sp³-hybridized carbons (Fsp3) is 0.200. The third kappa shape index (κ3) is 7.21. The number of ether oxygens (including phenoxy) is 3. The Morgan fingerprint density at radius 3 is 2.26 bits per heavy atom. The monoisotopic (exact) mass is 499 g/mol. The number of carboxylic acids is 1. The number of sulfonamides is 1. The van der Waals surface area contributed by atoms with E-state index in [0.29, 0.717) is 23.6 Å². The molecule has 2 N–H and O–H groups in total. The molecule has 0 aliphatic carbocycles. The zero-order chi connectivity index (χ0) is 25.3. The van der Waals surface area contributed by atoms with Gasteiger partial charge in [0.2, 0.25) is 0 Å². The Labute approximate surface area is 203 Å². The number of aliphatic carboxylic acids is 1. The number of carbonyl (C=O) groups is 2. The lowest BCUT2D eigenvalue weighted by Gasteiger charge is -2.13. The van der Waals surface area contributed by atoms with E-state index in [-0.39, 0.29) is 30.1 Å². The van der Waals surface area contributed by atoms with Crippen LogP contribution in [0.4, 0.5) is 5.69 Å². The SMILES string of the molecule is COC(=O)c1ccccc1S(=O)(=O)Nc1ccc(OCCOc2ccccc2CCC(=O)O)cc1. The van der Waals surface area contributed by atoms with Crippen LogP contribution in [0.2, 0.25) is 0 Å². The average molecular weight is 500 g/mol. The van der Waals surface area contributed by atoms with Gasteiger partial charge < -0.3 is 19.3 Å². The van der Waals surface area contributed by atoms with Crippen molar-refractivity contribution in [3.63, 3.8) is 0 Å². The lowest BCUT2D eigenvalue weighted by Crippen LogP contribution is -2.17. The van der Waals surface area contributed by atoms with Crippen LogP contribution in [0.25, 0.3) is 0 Å². The topological polar surface area (TPSA) is 128 Å². The molecule has 0 atom stereocenters. The standard InChI is InChI=1S/C25H25NO8S/c1-32-25(29)21-7-3-5-9-23(21)35(30,31)26-19-11-13-20(14-12-19)33-16-17-34-22-8-4-2-6-18(22)10-15-24(27)28/h2-9,11-14,26H,10,15-17H2,1H3,(H,27,28). The van der Waals surface area contributed by atoms with Gasteiger partial charge in [-0.1, -0.05) is 30.3 Å². The summed E-state index contributed by atoms with van der Waals surface area (Å²) >= 11 is 0. The molecule has 0 aromatic heterocycles. The van der Waals surface area contributed by atoms with Crippen molar-refractivity contribution >= 4 is 27.6 Å². The van der Waals surface area contributed by atoms with E-state index in [1.807, 2.05) is 18.2 Å². The number of hydrogen-bond donors (Lipinski definition) is 2. The summed E-state index contributed by atoms with van der Waals surface area (Å²) < 4.78 is 44.0. The van der Waals surface area contributed by atoms with Crippen LogP contribution < -0.4 is 14.2 Å². The van der Waals surface area contributed by atoms with Crippen molar-refractivity contribution in [2.24, 2.45) is 0 Å². The van der Waals surface area contributed by atoms with Crippen LogP contribution >= 0.6 is 0 Å².